The molecule has 0 saturated carbocycles. The van der Waals surface area contributed by atoms with Gasteiger partial charge < -0.3 is 5.11 Å². The third-order valence-electron chi connectivity index (χ3n) is 2.34. The van der Waals surface area contributed by atoms with Crippen molar-refractivity contribution in [1.82, 2.24) is 0 Å². The highest BCUT2D eigenvalue weighted by Crippen LogP contribution is 2.15. The topological polar surface area (TPSA) is 20.2 Å². The molecule has 0 bridgehead atoms. The van der Waals surface area contributed by atoms with E-state index in [4.69, 9.17) is 0 Å². The van der Waals surface area contributed by atoms with Crippen LogP contribution in [0, 0.1) is 0 Å². The van der Waals surface area contributed by atoms with Crippen LogP contribution in [-0.4, -0.2) is 10.7 Å². The van der Waals surface area contributed by atoms with Gasteiger partial charge in [-0.3, -0.25) is 0 Å². The molecule has 0 amide bonds. The summed E-state index contributed by atoms with van der Waals surface area (Å²) in [5, 5.41) is 10.0. The molecule has 1 heteroatoms. The Morgan fingerprint density at radius 1 is 1.31 bits per heavy atom. The van der Waals surface area contributed by atoms with Crippen molar-refractivity contribution >= 4 is 0 Å². The summed E-state index contributed by atoms with van der Waals surface area (Å²) in [6.07, 6.45) is 11.3. The molecular formula is C15H24O. The molecule has 0 aromatic rings. The first kappa shape index (κ1) is 14.9. The lowest BCUT2D eigenvalue weighted by Gasteiger charge is -2.17. The number of rotatable bonds is 6. The maximum Gasteiger partial charge on any atom is 0.0805 e. The minimum absolute atomic E-state index is 0.732. The van der Waals surface area contributed by atoms with E-state index in [0.29, 0.717) is 0 Å². The van der Waals surface area contributed by atoms with Crippen molar-refractivity contribution in [2.24, 2.45) is 0 Å². The number of hydrogen-bond donors (Lipinski definition) is 1. The van der Waals surface area contributed by atoms with E-state index >= 15 is 0 Å². The highest BCUT2D eigenvalue weighted by molar-refractivity contribution is 5.21. The monoisotopic (exact) mass is 220 g/mol. The van der Waals surface area contributed by atoms with Gasteiger partial charge in [-0.2, -0.15) is 0 Å². The maximum absolute atomic E-state index is 10.0. The van der Waals surface area contributed by atoms with E-state index in [1.165, 1.54) is 5.57 Å². The average Bonchev–Trinajstić information content (AvgIpc) is 2.16. The van der Waals surface area contributed by atoms with Gasteiger partial charge in [0, 0.05) is 0 Å². The van der Waals surface area contributed by atoms with Gasteiger partial charge in [0.05, 0.1) is 5.60 Å². The Morgan fingerprint density at radius 3 is 2.44 bits per heavy atom. The van der Waals surface area contributed by atoms with Gasteiger partial charge >= 0.3 is 0 Å². The Kier molecular flexibility index (Phi) is 6.75. The number of aliphatic hydroxyl groups is 1. The number of hydrogen-bond acceptors (Lipinski definition) is 1. The molecule has 0 spiro atoms. The van der Waals surface area contributed by atoms with Crippen LogP contribution in [0.15, 0.2) is 48.1 Å². The first-order valence-corrected chi connectivity index (χ1v) is 5.72. The standard InChI is InChI=1S/C15H24O/c1-6-14(4)10-8-12-15(5,16)11-7-9-13(2)3/h6,8-10,12,16H,1,7,11H2,2-5H3/b12-8+,14-10+. The van der Waals surface area contributed by atoms with Gasteiger partial charge in [0.15, 0.2) is 0 Å². The molecule has 1 unspecified atom stereocenters. The second-order valence-electron chi connectivity index (χ2n) is 4.65. The van der Waals surface area contributed by atoms with Crippen molar-refractivity contribution in [2.45, 2.75) is 46.1 Å². The predicted molar refractivity (Wildman–Crippen MR) is 72.4 cm³/mol. The molecule has 16 heavy (non-hydrogen) atoms. The summed E-state index contributed by atoms with van der Waals surface area (Å²) in [5.41, 5.74) is 1.66. The molecule has 1 N–H and O–H groups in total. The minimum Gasteiger partial charge on any atom is -0.386 e. The van der Waals surface area contributed by atoms with Crippen LogP contribution in [0.1, 0.15) is 40.5 Å². The molecule has 0 aromatic carbocycles. The van der Waals surface area contributed by atoms with Gasteiger partial charge in [-0.15, -0.1) is 0 Å². The van der Waals surface area contributed by atoms with E-state index in [9.17, 15) is 5.11 Å². The quantitative estimate of drug-likeness (QED) is 0.526. The van der Waals surface area contributed by atoms with E-state index < -0.39 is 5.60 Å². The molecule has 0 fully saturated rings. The van der Waals surface area contributed by atoms with Crippen molar-refractivity contribution in [3.63, 3.8) is 0 Å². The van der Waals surface area contributed by atoms with Crippen molar-refractivity contribution in [1.29, 1.82) is 0 Å². The van der Waals surface area contributed by atoms with Crippen LogP contribution in [0.5, 0.6) is 0 Å². The fourth-order valence-electron chi connectivity index (χ4n) is 1.21. The fourth-order valence-corrected chi connectivity index (χ4v) is 1.21. The molecule has 0 aliphatic heterocycles. The van der Waals surface area contributed by atoms with E-state index in [0.717, 1.165) is 18.4 Å². The molecule has 0 saturated heterocycles. The van der Waals surface area contributed by atoms with E-state index in [2.05, 4.69) is 26.5 Å². The summed E-state index contributed by atoms with van der Waals surface area (Å²) in [6, 6.07) is 0. The fraction of sp³-hybridized carbons (Fsp3) is 0.467. The normalized spacial score (nSPS) is 15.9. The zero-order valence-corrected chi connectivity index (χ0v) is 11.0. The van der Waals surface area contributed by atoms with Crippen LogP contribution in [0.2, 0.25) is 0 Å². The molecule has 0 aromatic heterocycles. The molecule has 0 rings (SSSR count). The summed E-state index contributed by atoms with van der Waals surface area (Å²) in [7, 11) is 0. The Morgan fingerprint density at radius 2 is 1.94 bits per heavy atom. The molecule has 0 radical (unpaired) electrons. The van der Waals surface area contributed by atoms with Crippen molar-refractivity contribution < 1.29 is 5.11 Å². The van der Waals surface area contributed by atoms with Gasteiger partial charge in [-0.1, -0.05) is 48.1 Å². The molecule has 0 heterocycles. The Bertz CT molecular complexity index is 299. The number of allylic oxidation sites excluding steroid dienone is 6. The van der Waals surface area contributed by atoms with E-state index in [1.54, 1.807) is 6.08 Å². The lowest BCUT2D eigenvalue weighted by molar-refractivity contribution is 0.103. The molecule has 0 aliphatic rings. The van der Waals surface area contributed by atoms with E-state index in [1.807, 2.05) is 32.1 Å². The predicted octanol–water partition coefficient (Wildman–Crippen LogP) is 4.17. The highest BCUT2D eigenvalue weighted by atomic mass is 16.3. The van der Waals surface area contributed by atoms with Gasteiger partial charge in [0.2, 0.25) is 0 Å². The molecular weight excluding hydrogens is 196 g/mol. The summed E-state index contributed by atoms with van der Waals surface area (Å²) in [6.45, 7) is 11.6. The summed E-state index contributed by atoms with van der Waals surface area (Å²) in [4.78, 5) is 0. The largest absolute Gasteiger partial charge is 0.386 e. The lowest BCUT2D eigenvalue weighted by Crippen LogP contribution is -2.19. The molecule has 1 nitrogen and oxygen atoms in total. The maximum atomic E-state index is 10.0. The van der Waals surface area contributed by atoms with E-state index in [-0.39, 0.29) is 0 Å². The SMILES string of the molecule is C=C/C(C)=C/C=C/C(C)(O)CCC=C(C)C. The summed E-state index contributed by atoms with van der Waals surface area (Å²) < 4.78 is 0. The summed E-state index contributed by atoms with van der Waals surface area (Å²) in [5.74, 6) is 0. The third-order valence-corrected chi connectivity index (χ3v) is 2.34. The molecule has 0 aliphatic carbocycles. The van der Waals surface area contributed by atoms with Crippen LogP contribution < -0.4 is 0 Å². The van der Waals surface area contributed by atoms with Crippen LogP contribution in [0.4, 0.5) is 0 Å². The van der Waals surface area contributed by atoms with Gasteiger partial charge in [-0.25, -0.2) is 0 Å². The van der Waals surface area contributed by atoms with Crippen LogP contribution in [0.3, 0.4) is 0 Å². The van der Waals surface area contributed by atoms with Gasteiger partial charge in [-0.05, 0) is 40.5 Å². The van der Waals surface area contributed by atoms with Crippen LogP contribution >= 0.6 is 0 Å². The van der Waals surface area contributed by atoms with Gasteiger partial charge in [0.25, 0.3) is 0 Å². The zero-order valence-electron chi connectivity index (χ0n) is 11.0. The summed E-state index contributed by atoms with van der Waals surface area (Å²) >= 11 is 0. The van der Waals surface area contributed by atoms with Gasteiger partial charge in [0.1, 0.15) is 0 Å². The first-order chi connectivity index (χ1) is 7.37. The smallest absolute Gasteiger partial charge is 0.0805 e. The average molecular weight is 220 g/mol. The minimum atomic E-state index is -0.732. The Labute approximate surface area is 99.9 Å². The van der Waals surface area contributed by atoms with Crippen molar-refractivity contribution in [3.05, 3.63) is 48.1 Å². The second kappa shape index (κ2) is 7.24. The molecule has 90 valence electrons. The van der Waals surface area contributed by atoms with Crippen molar-refractivity contribution in [2.75, 3.05) is 0 Å². The van der Waals surface area contributed by atoms with Crippen LogP contribution in [-0.2, 0) is 0 Å². The second-order valence-corrected chi connectivity index (χ2v) is 4.65. The lowest BCUT2D eigenvalue weighted by atomic mass is 9.98. The Hall–Kier alpha value is -1.08. The molecule has 1 atom stereocenters. The Balaban J connectivity index is 4.23. The first-order valence-electron chi connectivity index (χ1n) is 5.72. The third kappa shape index (κ3) is 8.25. The van der Waals surface area contributed by atoms with Crippen molar-refractivity contribution in [3.8, 4) is 0 Å². The zero-order chi connectivity index (χ0) is 12.6. The van der Waals surface area contributed by atoms with Crippen LogP contribution in [0.25, 0.3) is 0 Å². The highest BCUT2D eigenvalue weighted by Gasteiger charge is 2.13.